The molecule has 11 aromatic rings. The average molecular weight is 700 g/mol. The van der Waals surface area contributed by atoms with E-state index in [4.69, 9.17) is 0 Å². The summed E-state index contributed by atoms with van der Waals surface area (Å²) in [4.78, 5) is 0. The van der Waals surface area contributed by atoms with Gasteiger partial charge in [-0.3, -0.25) is 0 Å². The monoisotopic (exact) mass is 699 g/mol. The van der Waals surface area contributed by atoms with Crippen molar-refractivity contribution in [2.75, 3.05) is 0 Å². The molecule has 0 radical (unpaired) electrons. The number of para-hydroxylation sites is 6. The van der Waals surface area contributed by atoms with Crippen LogP contribution in [0.1, 0.15) is 11.1 Å². The third kappa shape index (κ3) is 4.27. The average Bonchev–Trinajstić information content (AvgIpc) is 3.89. The van der Waals surface area contributed by atoms with Crippen molar-refractivity contribution in [3.8, 4) is 40.3 Å². The Balaban J connectivity index is 1.23. The Bertz CT molecular complexity index is 3400. The summed E-state index contributed by atoms with van der Waals surface area (Å²) in [5.41, 5.74) is 11.6. The molecule has 55 heavy (non-hydrogen) atoms. The van der Waals surface area contributed by atoms with E-state index in [1.54, 1.807) is 0 Å². The van der Waals surface area contributed by atoms with Crippen LogP contribution < -0.4 is 0 Å². The molecular weight excluding hydrogens is 671 g/mol. The summed E-state index contributed by atoms with van der Waals surface area (Å²) in [6, 6.07) is 65.6. The molecule has 0 N–H and O–H groups in total. The van der Waals surface area contributed by atoms with Gasteiger partial charge >= 0.3 is 0 Å². The van der Waals surface area contributed by atoms with Crippen molar-refractivity contribution in [1.29, 1.82) is 10.5 Å². The lowest BCUT2D eigenvalue weighted by molar-refractivity contribution is 1.15. The molecule has 0 atom stereocenters. The Morgan fingerprint density at radius 2 is 0.836 bits per heavy atom. The Kier molecular flexibility index (Phi) is 6.61. The standard InChI is InChI=1S/C50H29N5/c51-30-32-14-12-22-37(50(32)55-41-23-8-4-17-35(41)36-18-5-9-24-42(36)55)34-21-13-27-45(40(34)31-52)54-44-26-11-7-20-39(44)49-47(54)29-28-46-48(49)38-19-6-10-25-43(38)53(46)33-15-2-1-3-16-33/h1-29H. The largest absolute Gasteiger partial charge is 0.309 e. The van der Waals surface area contributed by atoms with Crippen molar-refractivity contribution in [3.63, 3.8) is 0 Å². The Hall–Kier alpha value is -7.86. The molecule has 0 saturated heterocycles. The first-order chi connectivity index (χ1) is 27.3. The van der Waals surface area contributed by atoms with Crippen LogP contribution in [0, 0.1) is 22.7 Å². The summed E-state index contributed by atoms with van der Waals surface area (Å²) >= 11 is 0. The molecule has 5 heteroatoms. The highest BCUT2D eigenvalue weighted by Gasteiger charge is 2.24. The van der Waals surface area contributed by atoms with Crippen molar-refractivity contribution in [2.45, 2.75) is 0 Å². The molecule has 5 nitrogen and oxygen atoms in total. The minimum atomic E-state index is 0.535. The number of fused-ring (bicyclic) bond motifs is 10. The van der Waals surface area contributed by atoms with Crippen LogP contribution in [0.5, 0.6) is 0 Å². The fourth-order valence-corrected chi connectivity index (χ4v) is 8.96. The van der Waals surface area contributed by atoms with Crippen LogP contribution in [-0.2, 0) is 0 Å². The summed E-state index contributed by atoms with van der Waals surface area (Å²) < 4.78 is 6.77. The molecule has 0 aliphatic carbocycles. The molecule has 8 aromatic carbocycles. The zero-order valence-electron chi connectivity index (χ0n) is 29.5. The van der Waals surface area contributed by atoms with Gasteiger partial charge in [-0.05, 0) is 60.7 Å². The van der Waals surface area contributed by atoms with E-state index in [-0.39, 0.29) is 0 Å². The molecule has 254 valence electrons. The molecule has 0 fully saturated rings. The summed E-state index contributed by atoms with van der Waals surface area (Å²) in [5.74, 6) is 0. The molecule has 0 bridgehead atoms. The van der Waals surface area contributed by atoms with Crippen molar-refractivity contribution >= 4 is 65.4 Å². The van der Waals surface area contributed by atoms with Gasteiger partial charge in [0.2, 0.25) is 0 Å². The van der Waals surface area contributed by atoms with E-state index in [1.807, 2.05) is 66.7 Å². The number of nitrogens with zero attached hydrogens (tertiary/aromatic N) is 5. The number of hydrogen-bond acceptors (Lipinski definition) is 2. The van der Waals surface area contributed by atoms with Gasteiger partial charge in [-0.15, -0.1) is 0 Å². The molecular formula is C50H29N5. The molecule has 11 rings (SSSR count). The smallest absolute Gasteiger partial charge is 0.102 e. The number of hydrogen-bond donors (Lipinski definition) is 0. The number of nitriles is 2. The lowest BCUT2D eigenvalue weighted by atomic mass is 9.94. The first-order valence-electron chi connectivity index (χ1n) is 18.3. The minimum absolute atomic E-state index is 0.535. The van der Waals surface area contributed by atoms with Crippen LogP contribution in [0.4, 0.5) is 0 Å². The first kappa shape index (κ1) is 30.7. The quantitative estimate of drug-likeness (QED) is 0.184. The van der Waals surface area contributed by atoms with Crippen LogP contribution >= 0.6 is 0 Å². The van der Waals surface area contributed by atoms with Gasteiger partial charge in [0.15, 0.2) is 0 Å². The van der Waals surface area contributed by atoms with Gasteiger partial charge in [-0.25, -0.2) is 0 Å². The topological polar surface area (TPSA) is 62.4 Å². The summed E-state index contributed by atoms with van der Waals surface area (Å²) in [6.07, 6.45) is 0. The van der Waals surface area contributed by atoms with E-state index >= 15 is 0 Å². The highest BCUT2D eigenvalue weighted by atomic mass is 15.0. The van der Waals surface area contributed by atoms with Crippen LogP contribution in [0.3, 0.4) is 0 Å². The minimum Gasteiger partial charge on any atom is -0.309 e. The highest BCUT2D eigenvalue weighted by molar-refractivity contribution is 6.29. The maximum Gasteiger partial charge on any atom is 0.102 e. The number of benzene rings is 8. The molecule has 0 spiro atoms. The molecule has 0 unspecified atom stereocenters. The van der Waals surface area contributed by atoms with E-state index in [2.05, 4.69) is 135 Å². The molecule has 0 aliphatic heterocycles. The fourth-order valence-electron chi connectivity index (χ4n) is 8.96. The predicted molar refractivity (Wildman–Crippen MR) is 224 cm³/mol. The van der Waals surface area contributed by atoms with Gasteiger partial charge in [0.1, 0.15) is 12.1 Å². The van der Waals surface area contributed by atoms with E-state index in [1.165, 1.54) is 10.8 Å². The maximum absolute atomic E-state index is 11.2. The van der Waals surface area contributed by atoms with Gasteiger partial charge in [-0.1, -0.05) is 115 Å². The van der Waals surface area contributed by atoms with Gasteiger partial charge in [0.25, 0.3) is 0 Å². The zero-order chi connectivity index (χ0) is 36.6. The Morgan fingerprint density at radius 1 is 0.345 bits per heavy atom. The van der Waals surface area contributed by atoms with Crippen molar-refractivity contribution < 1.29 is 0 Å². The Labute approximate surface area is 316 Å². The molecule has 0 saturated carbocycles. The van der Waals surface area contributed by atoms with Crippen LogP contribution in [0.2, 0.25) is 0 Å². The van der Waals surface area contributed by atoms with Crippen molar-refractivity contribution in [1.82, 2.24) is 13.7 Å². The number of aromatic nitrogens is 3. The molecule has 0 aliphatic rings. The van der Waals surface area contributed by atoms with Gasteiger partial charge in [0.05, 0.1) is 55.6 Å². The molecule has 0 amide bonds. The predicted octanol–water partition coefficient (Wildman–Crippen LogP) is 12.4. The van der Waals surface area contributed by atoms with Gasteiger partial charge < -0.3 is 13.7 Å². The highest BCUT2D eigenvalue weighted by Crippen LogP contribution is 2.44. The fraction of sp³-hybridized carbons (Fsp3) is 0. The van der Waals surface area contributed by atoms with E-state index in [0.29, 0.717) is 11.1 Å². The Morgan fingerprint density at radius 3 is 1.44 bits per heavy atom. The lowest BCUT2D eigenvalue weighted by Crippen LogP contribution is -2.04. The van der Waals surface area contributed by atoms with E-state index in [9.17, 15) is 10.5 Å². The number of rotatable bonds is 4. The first-order valence-corrected chi connectivity index (χ1v) is 18.3. The second kappa shape index (κ2) is 11.8. The van der Waals surface area contributed by atoms with Gasteiger partial charge in [0, 0.05) is 49.1 Å². The van der Waals surface area contributed by atoms with Crippen LogP contribution in [0.15, 0.2) is 176 Å². The second-order valence-electron chi connectivity index (χ2n) is 13.9. The van der Waals surface area contributed by atoms with E-state index in [0.717, 1.165) is 82.8 Å². The summed E-state index contributed by atoms with van der Waals surface area (Å²) in [6.45, 7) is 0. The summed E-state index contributed by atoms with van der Waals surface area (Å²) in [5, 5.41) is 28.6. The third-order valence-corrected chi connectivity index (χ3v) is 11.1. The molecule has 3 heterocycles. The normalized spacial score (nSPS) is 11.6. The zero-order valence-corrected chi connectivity index (χ0v) is 29.5. The van der Waals surface area contributed by atoms with Crippen LogP contribution in [0.25, 0.3) is 93.6 Å². The summed E-state index contributed by atoms with van der Waals surface area (Å²) in [7, 11) is 0. The molecule has 3 aromatic heterocycles. The van der Waals surface area contributed by atoms with Gasteiger partial charge in [-0.2, -0.15) is 10.5 Å². The SMILES string of the molecule is N#Cc1cccc(-c2cccc(-n3c4ccccc4c4c5c6ccccc6n(-c6ccccc6)c5ccc43)c2C#N)c1-n1c2ccccc2c2ccccc21. The van der Waals surface area contributed by atoms with Crippen molar-refractivity contribution in [3.05, 3.63) is 187 Å². The second-order valence-corrected chi connectivity index (χ2v) is 13.9. The van der Waals surface area contributed by atoms with Crippen molar-refractivity contribution in [2.24, 2.45) is 0 Å². The van der Waals surface area contributed by atoms with E-state index < -0.39 is 0 Å². The lowest BCUT2D eigenvalue weighted by Gasteiger charge is -2.18. The van der Waals surface area contributed by atoms with Crippen LogP contribution in [-0.4, -0.2) is 13.7 Å². The third-order valence-electron chi connectivity index (χ3n) is 11.1. The maximum atomic E-state index is 11.2.